The van der Waals surface area contributed by atoms with E-state index in [2.05, 4.69) is 10.2 Å². The Morgan fingerprint density at radius 1 is 1.15 bits per heavy atom. The van der Waals surface area contributed by atoms with Gasteiger partial charge < -0.3 is 24.4 Å². The summed E-state index contributed by atoms with van der Waals surface area (Å²) < 4.78 is 16.0. The molecule has 2 aliphatic heterocycles. The minimum atomic E-state index is -0.0460. The van der Waals surface area contributed by atoms with Crippen LogP contribution in [0.3, 0.4) is 0 Å². The quantitative estimate of drug-likeness (QED) is 0.838. The highest BCUT2D eigenvalue weighted by Crippen LogP contribution is 2.19. The summed E-state index contributed by atoms with van der Waals surface area (Å²) in [6.07, 6.45) is 1.78. The summed E-state index contributed by atoms with van der Waals surface area (Å²) in [7, 11) is 1.63. The Kier molecular flexibility index (Phi) is 7.11. The van der Waals surface area contributed by atoms with Gasteiger partial charge in [-0.05, 0) is 37.1 Å². The van der Waals surface area contributed by atoms with E-state index < -0.39 is 0 Å². The first-order chi connectivity index (χ1) is 12.8. The maximum atomic E-state index is 12.9. The number of rotatable bonds is 6. The smallest absolute Gasteiger partial charge is 0.322 e. The van der Waals surface area contributed by atoms with Gasteiger partial charge in [0.15, 0.2) is 0 Å². The fourth-order valence-corrected chi connectivity index (χ4v) is 3.39. The normalized spacial score (nSPS) is 19.1. The molecule has 2 heterocycles. The Hall–Kier alpha value is -1.83. The Bertz CT molecular complexity index is 554. The van der Waals surface area contributed by atoms with E-state index in [1.165, 1.54) is 0 Å². The lowest BCUT2D eigenvalue weighted by atomic mass is 10.1. The monoisotopic (exact) mass is 363 g/mol. The number of methoxy groups -OCH3 is 1. The molecular weight excluding hydrogens is 334 g/mol. The SMILES string of the molecule is COc1ccc(NC(=O)N(CCN2CCOCC2)C2CCOCC2)cc1. The van der Waals surface area contributed by atoms with E-state index >= 15 is 0 Å². The molecule has 0 atom stereocenters. The number of amides is 2. The molecule has 144 valence electrons. The summed E-state index contributed by atoms with van der Waals surface area (Å²) in [4.78, 5) is 17.3. The predicted octanol–water partition coefficient (Wildman–Crippen LogP) is 2.04. The van der Waals surface area contributed by atoms with Crippen LogP contribution in [0.2, 0.25) is 0 Å². The second kappa shape index (κ2) is 9.75. The fraction of sp³-hybridized carbons (Fsp3) is 0.632. The first-order valence-corrected chi connectivity index (χ1v) is 9.36. The molecule has 0 unspecified atom stereocenters. The highest BCUT2D eigenvalue weighted by atomic mass is 16.5. The number of urea groups is 1. The highest BCUT2D eigenvalue weighted by Gasteiger charge is 2.26. The minimum absolute atomic E-state index is 0.0460. The van der Waals surface area contributed by atoms with Crippen LogP contribution in [0, 0.1) is 0 Å². The third-order valence-corrected chi connectivity index (χ3v) is 4.99. The van der Waals surface area contributed by atoms with Crippen molar-refractivity contribution in [3.63, 3.8) is 0 Å². The van der Waals surface area contributed by atoms with Gasteiger partial charge in [0.2, 0.25) is 0 Å². The van der Waals surface area contributed by atoms with Crippen molar-refractivity contribution in [1.29, 1.82) is 0 Å². The van der Waals surface area contributed by atoms with Gasteiger partial charge in [0, 0.05) is 51.1 Å². The zero-order valence-electron chi connectivity index (χ0n) is 15.5. The number of nitrogens with zero attached hydrogens (tertiary/aromatic N) is 2. The number of nitrogens with one attached hydrogen (secondary N) is 1. The van der Waals surface area contributed by atoms with Gasteiger partial charge in [0.05, 0.1) is 20.3 Å². The molecule has 0 saturated carbocycles. The Morgan fingerprint density at radius 2 is 1.81 bits per heavy atom. The van der Waals surface area contributed by atoms with Crippen LogP contribution in [0.4, 0.5) is 10.5 Å². The highest BCUT2D eigenvalue weighted by molar-refractivity contribution is 5.89. The average molecular weight is 363 g/mol. The van der Waals surface area contributed by atoms with Gasteiger partial charge in [-0.1, -0.05) is 0 Å². The van der Waals surface area contributed by atoms with Crippen LogP contribution in [0.25, 0.3) is 0 Å². The van der Waals surface area contributed by atoms with Crippen molar-refractivity contribution in [3.8, 4) is 5.75 Å². The molecule has 0 aliphatic carbocycles. The molecular formula is C19H29N3O4. The summed E-state index contributed by atoms with van der Waals surface area (Å²) >= 11 is 0. The second-order valence-corrected chi connectivity index (χ2v) is 6.65. The Balaban J connectivity index is 1.61. The van der Waals surface area contributed by atoms with Crippen LogP contribution in [-0.4, -0.2) is 81.6 Å². The summed E-state index contributed by atoms with van der Waals surface area (Å²) in [5.41, 5.74) is 0.777. The lowest BCUT2D eigenvalue weighted by Gasteiger charge is -2.36. The lowest BCUT2D eigenvalue weighted by molar-refractivity contribution is 0.0238. The lowest BCUT2D eigenvalue weighted by Crippen LogP contribution is -2.49. The van der Waals surface area contributed by atoms with Crippen LogP contribution in [0.1, 0.15) is 12.8 Å². The summed E-state index contributed by atoms with van der Waals surface area (Å²) in [6.45, 7) is 6.43. The number of ether oxygens (including phenoxy) is 3. The fourth-order valence-electron chi connectivity index (χ4n) is 3.39. The molecule has 1 N–H and O–H groups in total. The third-order valence-electron chi connectivity index (χ3n) is 4.99. The molecule has 2 fully saturated rings. The number of carbonyl (C=O) groups is 1. The molecule has 7 heteroatoms. The van der Waals surface area contributed by atoms with E-state index in [0.29, 0.717) is 19.8 Å². The number of hydrogen-bond donors (Lipinski definition) is 1. The molecule has 3 rings (SSSR count). The summed E-state index contributed by atoms with van der Waals surface area (Å²) in [6, 6.07) is 7.60. The van der Waals surface area contributed by atoms with E-state index in [4.69, 9.17) is 14.2 Å². The number of anilines is 1. The van der Waals surface area contributed by atoms with Crippen molar-refractivity contribution in [2.24, 2.45) is 0 Å². The number of carbonyl (C=O) groups excluding carboxylic acids is 1. The van der Waals surface area contributed by atoms with Crippen LogP contribution in [0.5, 0.6) is 5.75 Å². The largest absolute Gasteiger partial charge is 0.497 e. The first kappa shape index (κ1) is 18.9. The van der Waals surface area contributed by atoms with Crippen LogP contribution in [-0.2, 0) is 9.47 Å². The van der Waals surface area contributed by atoms with Crippen molar-refractivity contribution in [1.82, 2.24) is 9.80 Å². The Labute approximate surface area is 155 Å². The van der Waals surface area contributed by atoms with Crippen molar-refractivity contribution in [3.05, 3.63) is 24.3 Å². The molecule has 1 aromatic rings. The zero-order valence-corrected chi connectivity index (χ0v) is 15.5. The zero-order chi connectivity index (χ0) is 18.2. The average Bonchev–Trinajstić information content (AvgIpc) is 2.70. The van der Waals surface area contributed by atoms with Crippen LogP contribution >= 0.6 is 0 Å². The van der Waals surface area contributed by atoms with E-state index in [1.54, 1.807) is 7.11 Å². The van der Waals surface area contributed by atoms with Gasteiger partial charge in [0.25, 0.3) is 0 Å². The third kappa shape index (κ3) is 5.33. The molecule has 2 amide bonds. The molecule has 0 aromatic heterocycles. The van der Waals surface area contributed by atoms with E-state index in [0.717, 1.165) is 57.1 Å². The van der Waals surface area contributed by atoms with Crippen LogP contribution in [0.15, 0.2) is 24.3 Å². The molecule has 2 saturated heterocycles. The Morgan fingerprint density at radius 3 is 2.46 bits per heavy atom. The molecule has 0 spiro atoms. The molecule has 1 aromatic carbocycles. The van der Waals surface area contributed by atoms with E-state index in [9.17, 15) is 4.79 Å². The molecule has 26 heavy (non-hydrogen) atoms. The van der Waals surface area contributed by atoms with Gasteiger partial charge in [-0.25, -0.2) is 4.79 Å². The van der Waals surface area contributed by atoms with Gasteiger partial charge in [-0.3, -0.25) is 4.90 Å². The predicted molar refractivity (Wildman–Crippen MR) is 99.8 cm³/mol. The minimum Gasteiger partial charge on any atom is -0.497 e. The van der Waals surface area contributed by atoms with Gasteiger partial charge >= 0.3 is 6.03 Å². The first-order valence-electron chi connectivity index (χ1n) is 9.36. The van der Waals surface area contributed by atoms with E-state index in [-0.39, 0.29) is 12.1 Å². The number of hydrogen-bond acceptors (Lipinski definition) is 5. The van der Waals surface area contributed by atoms with Crippen molar-refractivity contribution >= 4 is 11.7 Å². The maximum absolute atomic E-state index is 12.9. The standard InChI is InChI=1S/C19H29N3O4/c1-24-18-4-2-16(3-5-18)20-19(23)22(17-6-12-25-13-7-17)9-8-21-10-14-26-15-11-21/h2-5,17H,6-15H2,1H3,(H,20,23). The summed E-state index contributed by atoms with van der Waals surface area (Å²) in [5, 5.41) is 3.03. The molecule has 2 aliphatic rings. The number of morpholine rings is 1. The number of benzene rings is 1. The second-order valence-electron chi connectivity index (χ2n) is 6.65. The van der Waals surface area contributed by atoms with Gasteiger partial charge in [-0.2, -0.15) is 0 Å². The molecule has 0 bridgehead atoms. The van der Waals surface area contributed by atoms with Gasteiger partial charge in [-0.15, -0.1) is 0 Å². The van der Waals surface area contributed by atoms with Crippen molar-refractivity contribution in [2.45, 2.75) is 18.9 Å². The van der Waals surface area contributed by atoms with Crippen molar-refractivity contribution in [2.75, 3.05) is 65.0 Å². The van der Waals surface area contributed by atoms with Gasteiger partial charge in [0.1, 0.15) is 5.75 Å². The van der Waals surface area contributed by atoms with E-state index in [1.807, 2.05) is 29.2 Å². The van der Waals surface area contributed by atoms with Crippen LogP contribution < -0.4 is 10.1 Å². The topological polar surface area (TPSA) is 63.3 Å². The summed E-state index contributed by atoms with van der Waals surface area (Å²) in [5.74, 6) is 0.775. The molecule has 0 radical (unpaired) electrons. The molecule has 7 nitrogen and oxygen atoms in total. The maximum Gasteiger partial charge on any atom is 0.322 e. The van der Waals surface area contributed by atoms with Crippen molar-refractivity contribution < 1.29 is 19.0 Å².